The summed E-state index contributed by atoms with van der Waals surface area (Å²) in [4.78, 5) is 31.8. The number of hydrogen-bond acceptors (Lipinski definition) is 4. The summed E-state index contributed by atoms with van der Waals surface area (Å²) >= 11 is 1.45. The fourth-order valence-electron chi connectivity index (χ4n) is 3.34. The van der Waals surface area contributed by atoms with Crippen LogP contribution in [0.25, 0.3) is 0 Å². The van der Waals surface area contributed by atoms with Gasteiger partial charge in [0.2, 0.25) is 0 Å². The minimum absolute atomic E-state index is 0.197. The Morgan fingerprint density at radius 2 is 1.84 bits per heavy atom. The lowest BCUT2D eigenvalue weighted by Gasteiger charge is -2.40. The van der Waals surface area contributed by atoms with E-state index in [9.17, 15) is 14.7 Å². The first kappa shape index (κ1) is 15.5. The van der Waals surface area contributed by atoms with Gasteiger partial charge in [0.05, 0.1) is 6.04 Å². The monoisotopic (exact) mass is 350 g/mol. The van der Waals surface area contributed by atoms with Crippen molar-refractivity contribution in [1.29, 1.82) is 0 Å². The maximum atomic E-state index is 13.2. The molecule has 5 nitrogen and oxygen atoms in total. The van der Waals surface area contributed by atoms with Gasteiger partial charge in [0.25, 0.3) is 5.91 Å². The Hall–Kier alpha value is -2.99. The molecule has 0 bridgehead atoms. The summed E-state index contributed by atoms with van der Waals surface area (Å²) in [7, 11) is 0. The Morgan fingerprint density at radius 1 is 1.08 bits per heavy atom. The highest BCUT2D eigenvalue weighted by molar-refractivity contribution is 7.10. The molecule has 1 N–H and O–H groups in total. The van der Waals surface area contributed by atoms with Gasteiger partial charge in [-0.2, -0.15) is 0 Å². The van der Waals surface area contributed by atoms with Crippen molar-refractivity contribution >= 4 is 28.9 Å². The van der Waals surface area contributed by atoms with Gasteiger partial charge in [-0.15, -0.1) is 11.3 Å². The molecule has 2 atom stereocenters. The first-order valence-corrected chi connectivity index (χ1v) is 8.65. The van der Waals surface area contributed by atoms with E-state index in [0.717, 1.165) is 4.88 Å². The van der Waals surface area contributed by atoms with Gasteiger partial charge in [-0.1, -0.05) is 24.3 Å². The molecule has 124 valence electrons. The topological polar surface area (TPSA) is 70.5 Å². The minimum Gasteiger partial charge on any atom is -0.481 e. The molecular weight excluding hydrogens is 336 g/mol. The first-order valence-electron chi connectivity index (χ1n) is 7.77. The zero-order chi connectivity index (χ0) is 17.4. The van der Waals surface area contributed by atoms with Gasteiger partial charge in [-0.3, -0.25) is 19.5 Å². The van der Waals surface area contributed by atoms with Crippen LogP contribution >= 0.6 is 11.3 Å². The Bertz CT molecular complexity index is 925. The van der Waals surface area contributed by atoms with E-state index in [1.54, 1.807) is 53.7 Å². The molecule has 6 heteroatoms. The van der Waals surface area contributed by atoms with Crippen molar-refractivity contribution in [3.05, 3.63) is 82.3 Å². The maximum absolute atomic E-state index is 13.2. The van der Waals surface area contributed by atoms with Gasteiger partial charge >= 0.3 is 5.97 Å². The van der Waals surface area contributed by atoms with E-state index >= 15 is 0 Å². The summed E-state index contributed by atoms with van der Waals surface area (Å²) in [6, 6.07) is 13.6. The van der Waals surface area contributed by atoms with E-state index in [1.807, 2.05) is 17.5 Å². The van der Waals surface area contributed by atoms with Crippen LogP contribution in [0.5, 0.6) is 0 Å². The lowest BCUT2D eigenvalue weighted by Crippen LogP contribution is -2.44. The van der Waals surface area contributed by atoms with Gasteiger partial charge in [0.15, 0.2) is 0 Å². The van der Waals surface area contributed by atoms with Crippen LogP contribution in [-0.4, -0.2) is 22.0 Å². The molecule has 1 aliphatic rings. The molecule has 25 heavy (non-hydrogen) atoms. The largest absolute Gasteiger partial charge is 0.481 e. The molecule has 0 spiro atoms. The quantitative estimate of drug-likeness (QED) is 0.782. The molecule has 0 aliphatic carbocycles. The number of nitrogens with zero attached hydrogens (tertiary/aromatic N) is 2. The van der Waals surface area contributed by atoms with Crippen LogP contribution in [0.15, 0.2) is 66.3 Å². The second kappa shape index (κ2) is 6.14. The molecule has 3 heterocycles. The zero-order valence-corrected chi connectivity index (χ0v) is 13.9. The Morgan fingerprint density at radius 3 is 2.52 bits per heavy atom. The van der Waals surface area contributed by atoms with E-state index in [0.29, 0.717) is 16.8 Å². The third kappa shape index (κ3) is 2.51. The van der Waals surface area contributed by atoms with Crippen molar-refractivity contribution < 1.29 is 14.7 Å². The van der Waals surface area contributed by atoms with Gasteiger partial charge < -0.3 is 5.11 Å². The number of fused-ring (bicyclic) bond motifs is 1. The molecule has 1 aromatic carbocycles. The number of pyridine rings is 1. The summed E-state index contributed by atoms with van der Waals surface area (Å²) in [5.74, 6) is -1.98. The third-order valence-electron chi connectivity index (χ3n) is 4.38. The second-order valence-electron chi connectivity index (χ2n) is 5.74. The van der Waals surface area contributed by atoms with E-state index in [4.69, 9.17) is 0 Å². The van der Waals surface area contributed by atoms with Crippen molar-refractivity contribution in [3.8, 4) is 0 Å². The number of carboxylic acid groups (broad SMARTS) is 1. The van der Waals surface area contributed by atoms with Gasteiger partial charge in [0, 0.05) is 28.5 Å². The SMILES string of the molecule is O=C(O)C1c2ccccc2C(=O)N(c2ccncc2)C1c1cccs1. The molecule has 2 unspecified atom stereocenters. The number of hydrogen-bond donors (Lipinski definition) is 1. The van der Waals surface area contributed by atoms with Crippen molar-refractivity contribution in [2.75, 3.05) is 4.90 Å². The summed E-state index contributed by atoms with van der Waals surface area (Å²) in [6.45, 7) is 0. The van der Waals surface area contributed by atoms with Crippen LogP contribution < -0.4 is 4.90 Å². The Labute approximate surface area is 148 Å². The highest BCUT2D eigenvalue weighted by Gasteiger charge is 2.45. The number of amides is 1. The number of anilines is 1. The lowest BCUT2D eigenvalue weighted by atomic mass is 9.82. The highest BCUT2D eigenvalue weighted by atomic mass is 32.1. The predicted molar refractivity (Wildman–Crippen MR) is 94.9 cm³/mol. The van der Waals surface area contributed by atoms with Crippen molar-refractivity contribution in [2.45, 2.75) is 12.0 Å². The second-order valence-corrected chi connectivity index (χ2v) is 6.72. The smallest absolute Gasteiger partial charge is 0.313 e. The minimum atomic E-state index is -0.947. The van der Waals surface area contributed by atoms with E-state index in [1.165, 1.54) is 11.3 Å². The number of carbonyl (C=O) groups excluding carboxylic acids is 1. The summed E-state index contributed by atoms with van der Waals surface area (Å²) in [5.41, 5.74) is 1.63. The van der Waals surface area contributed by atoms with Crippen LogP contribution in [0.3, 0.4) is 0 Å². The standard InChI is InChI=1S/C19H14N2O3S/c22-18-14-5-2-1-4-13(14)16(19(23)24)17(15-6-3-11-25-15)21(18)12-7-9-20-10-8-12/h1-11,16-17H,(H,23,24). The third-order valence-corrected chi connectivity index (χ3v) is 5.32. The molecular formula is C19H14N2O3S. The van der Waals surface area contributed by atoms with E-state index in [-0.39, 0.29) is 5.91 Å². The molecule has 0 fully saturated rings. The molecule has 3 aromatic rings. The first-order chi connectivity index (χ1) is 12.2. The molecule has 2 aromatic heterocycles. The number of rotatable bonds is 3. The number of benzene rings is 1. The number of carbonyl (C=O) groups is 2. The van der Waals surface area contributed by atoms with Gasteiger partial charge in [-0.05, 0) is 35.2 Å². The zero-order valence-electron chi connectivity index (χ0n) is 13.1. The lowest BCUT2D eigenvalue weighted by molar-refractivity contribution is -0.139. The van der Waals surface area contributed by atoms with E-state index in [2.05, 4.69) is 4.98 Å². The molecule has 0 saturated heterocycles. The number of thiophene rings is 1. The number of aliphatic carboxylic acids is 1. The summed E-state index contributed by atoms with van der Waals surface area (Å²) < 4.78 is 0. The fourth-order valence-corrected chi connectivity index (χ4v) is 4.19. The summed E-state index contributed by atoms with van der Waals surface area (Å²) in [6.07, 6.45) is 3.20. The van der Waals surface area contributed by atoms with Crippen LogP contribution in [0.2, 0.25) is 0 Å². The van der Waals surface area contributed by atoms with Crippen molar-refractivity contribution in [1.82, 2.24) is 4.98 Å². The number of aromatic nitrogens is 1. The molecule has 4 rings (SSSR count). The normalized spacial score (nSPS) is 19.5. The van der Waals surface area contributed by atoms with Crippen LogP contribution in [0.4, 0.5) is 5.69 Å². The summed E-state index contributed by atoms with van der Waals surface area (Å²) in [5, 5.41) is 11.9. The Kier molecular flexibility index (Phi) is 3.82. The predicted octanol–water partition coefficient (Wildman–Crippen LogP) is 3.71. The van der Waals surface area contributed by atoms with Gasteiger partial charge in [-0.25, -0.2) is 0 Å². The molecule has 1 aliphatic heterocycles. The fraction of sp³-hybridized carbons (Fsp3) is 0.105. The van der Waals surface area contributed by atoms with E-state index < -0.39 is 17.9 Å². The average molecular weight is 350 g/mol. The van der Waals surface area contributed by atoms with Crippen molar-refractivity contribution in [3.63, 3.8) is 0 Å². The van der Waals surface area contributed by atoms with Crippen LogP contribution in [0, 0.1) is 0 Å². The van der Waals surface area contributed by atoms with Gasteiger partial charge in [0.1, 0.15) is 5.92 Å². The molecule has 0 radical (unpaired) electrons. The van der Waals surface area contributed by atoms with Crippen LogP contribution in [-0.2, 0) is 4.79 Å². The van der Waals surface area contributed by atoms with Crippen molar-refractivity contribution in [2.24, 2.45) is 0 Å². The Balaban J connectivity index is 1.98. The highest BCUT2D eigenvalue weighted by Crippen LogP contribution is 2.45. The van der Waals surface area contributed by atoms with Crippen LogP contribution in [0.1, 0.15) is 32.8 Å². The average Bonchev–Trinajstić information content (AvgIpc) is 3.16. The molecule has 0 saturated carbocycles. The number of carboxylic acids is 1. The molecule has 1 amide bonds. The maximum Gasteiger partial charge on any atom is 0.313 e.